The first-order valence-electron chi connectivity index (χ1n) is 21.3. The maximum Gasteiger partial charge on any atom is 0.270 e. The van der Waals surface area contributed by atoms with Crippen LogP contribution in [0.25, 0.3) is 33.2 Å². The lowest BCUT2D eigenvalue weighted by Gasteiger charge is -2.19. The summed E-state index contributed by atoms with van der Waals surface area (Å²) in [7, 11) is 1.62. The highest BCUT2D eigenvalue weighted by Crippen LogP contribution is 2.29. The second kappa shape index (κ2) is 18.3. The van der Waals surface area contributed by atoms with Gasteiger partial charge in [-0.1, -0.05) is 41.9 Å². The van der Waals surface area contributed by atoms with Crippen molar-refractivity contribution in [2.24, 2.45) is 11.5 Å². The fourth-order valence-electron chi connectivity index (χ4n) is 8.14. The molecule has 2 aliphatic rings. The quantitative estimate of drug-likeness (QED) is 0.0789. The van der Waals surface area contributed by atoms with Crippen LogP contribution in [0, 0.1) is 23.7 Å². The highest BCUT2D eigenvalue weighted by Gasteiger charge is 2.43. The third-order valence-electron chi connectivity index (χ3n) is 11.7. The number of likely N-dealkylation sites (tertiary alicyclic amines) is 2. The molecule has 2 fully saturated rings. The Hall–Kier alpha value is -7.57. The van der Waals surface area contributed by atoms with Gasteiger partial charge < -0.3 is 36.8 Å². The van der Waals surface area contributed by atoms with Crippen molar-refractivity contribution in [2.45, 2.75) is 50.4 Å². The molecular weight excluding hydrogens is 827 g/mol. The third-order valence-corrected chi connectivity index (χ3v) is 11.7. The molecule has 3 aromatic carbocycles. The molecule has 17 heteroatoms. The first-order chi connectivity index (χ1) is 31.2. The molecule has 0 radical (unpaired) electrons. The average molecular weight is 876 g/mol. The maximum absolute atomic E-state index is 13.6. The molecule has 0 spiro atoms. The van der Waals surface area contributed by atoms with Gasteiger partial charge in [-0.2, -0.15) is 10.2 Å². The Labute approximate surface area is 375 Å². The topological polar surface area (TPSA) is 231 Å². The van der Waals surface area contributed by atoms with Gasteiger partial charge in [0.15, 0.2) is 11.4 Å². The lowest BCUT2D eigenvalue weighted by molar-refractivity contribution is -0.138. The van der Waals surface area contributed by atoms with Gasteiger partial charge in [0, 0.05) is 75.3 Å². The van der Waals surface area contributed by atoms with Crippen molar-refractivity contribution in [2.75, 3.05) is 51.6 Å². The molecule has 332 valence electrons. The molecule has 6 aromatic rings. The van der Waals surface area contributed by atoms with Crippen LogP contribution < -0.4 is 16.8 Å². The number of amides is 4. The number of carbonyl (C=O) groups is 4. The molecule has 2 saturated heterocycles. The highest BCUT2D eigenvalue weighted by molar-refractivity contribution is 6.08. The van der Waals surface area contributed by atoms with Crippen molar-refractivity contribution in [1.29, 1.82) is 0 Å². The number of nitrogens with one attached hydrogen (secondary N) is 1. The van der Waals surface area contributed by atoms with E-state index in [1.54, 1.807) is 78.1 Å². The fraction of sp³-hybridized carbons (Fsp3) is 0.312. The zero-order valence-electron chi connectivity index (χ0n) is 36.1. The summed E-state index contributed by atoms with van der Waals surface area (Å²) in [4.78, 5) is 59.6. The normalized spacial score (nSPS) is 17.0. The number of carbonyl (C=O) groups excluding carboxylic acids is 4. The molecule has 7 N–H and O–H groups in total. The Balaban J connectivity index is 0.951. The standard InChI is InChI=1S/C48H49N11O6/c1-47(64,18-24-55(2)31-60)16-13-32-7-5-10-36(27-32)59-39-15-20-51-45(40(39)42(54-59)44(50)62)52-21-26-57-25-19-48(65,46(57)63)17-14-33-8-6-9-35(28-33)58-38-12-11-34(30-56-22-3-4-23-56)29-37(38)41(53-58)43(49)61/h5-12,15,20,27-29,31,64-65H,3-4,18-19,21-26,30H2,1-2H3,(H2,49,61)(H2,50,62)(H,51,52)/t47-,48-/m0/s1. The van der Waals surface area contributed by atoms with Gasteiger partial charge in [0.25, 0.3) is 17.7 Å². The maximum atomic E-state index is 13.6. The molecule has 4 amide bonds. The van der Waals surface area contributed by atoms with Gasteiger partial charge in [-0.05, 0) is 93.0 Å². The summed E-state index contributed by atoms with van der Waals surface area (Å²) in [6.07, 6.45) is 4.95. The van der Waals surface area contributed by atoms with Gasteiger partial charge in [0.1, 0.15) is 11.4 Å². The average Bonchev–Trinajstić information content (AvgIpc) is 4.11. The summed E-state index contributed by atoms with van der Waals surface area (Å²) in [5.74, 6) is 10.1. The number of anilines is 1. The predicted octanol–water partition coefficient (Wildman–Crippen LogP) is 2.56. The molecule has 0 saturated carbocycles. The molecule has 2 atom stereocenters. The molecule has 17 nitrogen and oxygen atoms in total. The van der Waals surface area contributed by atoms with Gasteiger partial charge >= 0.3 is 0 Å². The van der Waals surface area contributed by atoms with Crippen LogP contribution in [0.2, 0.25) is 0 Å². The molecule has 65 heavy (non-hydrogen) atoms. The second-order valence-corrected chi connectivity index (χ2v) is 16.7. The van der Waals surface area contributed by atoms with Gasteiger partial charge in [0.2, 0.25) is 12.0 Å². The smallest absolute Gasteiger partial charge is 0.270 e. The molecule has 8 rings (SSSR count). The van der Waals surface area contributed by atoms with Crippen LogP contribution in [0.4, 0.5) is 5.82 Å². The number of benzene rings is 3. The van der Waals surface area contributed by atoms with E-state index in [2.05, 4.69) is 49.1 Å². The molecule has 5 heterocycles. The van der Waals surface area contributed by atoms with Gasteiger partial charge in [-0.15, -0.1) is 0 Å². The number of fused-ring (bicyclic) bond motifs is 2. The van der Waals surface area contributed by atoms with E-state index in [9.17, 15) is 29.4 Å². The van der Waals surface area contributed by atoms with Crippen molar-refractivity contribution < 1.29 is 29.4 Å². The summed E-state index contributed by atoms with van der Waals surface area (Å²) in [5.41, 5.74) is 13.1. The first-order valence-corrected chi connectivity index (χ1v) is 21.3. The minimum atomic E-state index is -1.92. The number of rotatable bonds is 14. The fourth-order valence-corrected chi connectivity index (χ4v) is 8.14. The monoisotopic (exact) mass is 875 g/mol. The summed E-state index contributed by atoms with van der Waals surface area (Å²) in [6, 6.07) is 21.9. The Kier molecular flexibility index (Phi) is 12.4. The highest BCUT2D eigenvalue weighted by atomic mass is 16.3. The van der Waals surface area contributed by atoms with Crippen LogP contribution in [0.1, 0.15) is 70.3 Å². The van der Waals surface area contributed by atoms with Crippen LogP contribution in [-0.2, 0) is 16.1 Å². The SMILES string of the molecule is CN(C=O)CC[C@@](C)(O)C#Cc1cccc(-n2nc(C(N)=O)c3c(NCCN4CC[C@@](O)(C#Cc5cccc(-n6nc(C(N)=O)c7cc(CN8CCCC8)ccc76)c5)C4=O)nccc32)c1. The third kappa shape index (κ3) is 9.53. The van der Waals surface area contributed by atoms with Crippen molar-refractivity contribution in [3.63, 3.8) is 0 Å². The summed E-state index contributed by atoms with van der Waals surface area (Å²) in [5, 5.41) is 35.6. The first kappa shape index (κ1) is 44.1. The molecule has 2 aliphatic heterocycles. The van der Waals surface area contributed by atoms with E-state index in [4.69, 9.17) is 11.5 Å². The zero-order chi connectivity index (χ0) is 45.9. The van der Waals surface area contributed by atoms with E-state index in [1.807, 2.05) is 24.3 Å². The Bertz CT molecular complexity index is 2970. The van der Waals surface area contributed by atoms with Gasteiger partial charge in [0.05, 0.1) is 27.8 Å². The van der Waals surface area contributed by atoms with E-state index in [0.29, 0.717) is 63.1 Å². The van der Waals surface area contributed by atoms with Gasteiger partial charge in [-0.3, -0.25) is 24.1 Å². The Morgan fingerprint density at radius 3 is 2.29 bits per heavy atom. The lowest BCUT2D eigenvalue weighted by Crippen LogP contribution is -2.40. The number of nitrogens with two attached hydrogens (primary N) is 2. The predicted molar refractivity (Wildman–Crippen MR) is 244 cm³/mol. The minimum absolute atomic E-state index is 0.0172. The second-order valence-electron chi connectivity index (χ2n) is 16.7. The number of primary amides is 2. The molecule has 0 unspecified atom stereocenters. The lowest BCUT2D eigenvalue weighted by atomic mass is 10.0. The summed E-state index contributed by atoms with van der Waals surface area (Å²) >= 11 is 0. The van der Waals surface area contributed by atoms with E-state index in [-0.39, 0.29) is 43.9 Å². The van der Waals surface area contributed by atoms with Crippen molar-refractivity contribution in [3.8, 4) is 35.1 Å². The van der Waals surface area contributed by atoms with Crippen LogP contribution in [0.15, 0.2) is 79.0 Å². The largest absolute Gasteiger partial charge is 0.378 e. The molecule has 3 aromatic heterocycles. The van der Waals surface area contributed by atoms with E-state index in [0.717, 1.165) is 25.2 Å². The number of hydrogen-bond donors (Lipinski definition) is 5. The van der Waals surface area contributed by atoms with Crippen LogP contribution in [0.3, 0.4) is 0 Å². The van der Waals surface area contributed by atoms with Crippen LogP contribution in [-0.4, -0.2) is 131 Å². The summed E-state index contributed by atoms with van der Waals surface area (Å²) < 4.78 is 3.21. The number of hydrogen-bond acceptors (Lipinski definition) is 11. The number of nitrogens with zero attached hydrogens (tertiary/aromatic N) is 8. The van der Waals surface area contributed by atoms with Crippen LogP contribution >= 0.6 is 0 Å². The molecular formula is C48H49N11O6. The van der Waals surface area contributed by atoms with Crippen LogP contribution in [0.5, 0.6) is 0 Å². The van der Waals surface area contributed by atoms with Crippen molar-refractivity contribution >= 4 is 51.8 Å². The molecule has 0 bridgehead atoms. The molecule has 0 aliphatic carbocycles. The van der Waals surface area contributed by atoms with E-state index in [1.165, 1.54) is 22.6 Å². The number of aromatic nitrogens is 5. The van der Waals surface area contributed by atoms with Gasteiger partial charge in [-0.25, -0.2) is 14.3 Å². The number of aliphatic hydroxyl groups is 2. The minimum Gasteiger partial charge on any atom is -0.378 e. The number of pyridine rings is 1. The Morgan fingerprint density at radius 2 is 1.60 bits per heavy atom. The van der Waals surface area contributed by atoms with E-state index >= 15 is 0 Å². The zero-order valence-corrected chi connectivity index (χ0v) is 36.1. The van der Waals surface area contributed by atoms with Crippen molar-refractivity contribution in [1.82, 2.24) is 39.2 Å². The summed E-state index contributed by atoms with van der Waals surface area (Å²) in [6.45, 7) is 5.46. The van der Waals surface area contributed by atoms with Crippen molar-refractivity contribution in [3.05, 3.63) is 107 Å². The van der Waals surface area contributed by atoms with E-state index < -0.39 is 28.9 Å². The Morgan fingerprint density at radius 1 is 0.923 bits per heavy atom.